The van der Waals surface area contributed by atoms with Crippen LogP contribution < -0.4 is 5.32 Å². The van der Waals surface area contributed by atoms with E-state index >= 15 is 0 Å². The van der Waals surface area contributed by atoms with Gasteiger partial charge in [0.1, 0.15) is 11.2 Å². The Bertz CT molecular complexity index is 1230. The van der Waals surface area contributed by atoms with Crippen LogP contribution in [0.3, 0.4) is 0 Å². The van der Waals surface area contributed by atoms with Crippen molar-refractivity contribution in [2.24, 2.45) is 0 Å². The summed E-state index contributed by atoms with van der Waals surface area (Å²) in [5.74, 6) is 0.113. The average molecular weight is 632 g/mol. The molecule has 0 aliphatic carbocycles. The van der Waals surface area contributed by atoms with Crippen molar-refractivity contribution in [3.05, 3.63) is 42.4 Å². The zero-order chi connectivity index (χ0) is 32.0. The summed E-state index contributed by atoms with van der Waals surface area (Å²) in [5.41, 5.74) is -4.73. The third-order valence-electron chi connectivity index (χ3n) is 5.78. The number of amides is 2. The fourth-order valence-corrected chi connectivity index (χ4v) is 4.60. The van der Waals surface area contributed by atoms with Crippen molar-refractivity contribution in [3.8, 4) is 11.3 Å². The Kier molecular flexibility index (Phi) is 10.9. The number of ether oxygens (including phenoxy) is 4. The van der Waals surface area contributed by atoms with Gasteiger partial charge in [0.05, 0.1) is 18.8 Å². The number of rotatable bonds is 8. The second kappa shape index (κ2) is 13.8. The Morgan fingerprint density at radius 3 is 2.23 bits per heavy atom. The van der Waals surface area contributed by atoms with Crippen molar-refractivity contribution in [1.82, 2.24) is 15.2 Å². The van der Waals surface area contributed by atoms with Crippen molar-refractivity contribution in [2.75, 3.05) is 18.8 Å². The summed E-state index contributed by atoms with van der Waals surface area (Å²) < 4.78 is 64.8. The van der Waals surface area contributed by atoms with E-state index in [2.05, 4.69) is 10.3 Å². The Labute approximate surface area is 251 Å². The molecule has 0 radical (unpaired) electrons. The molecule has 3 atom stereocenters. The first-order chi connectivity index (χ1) is 19.9. The lowest BCUT2D eigenvalue weighted by atomic mass is 9.99. The highest BCUT2D eigenvalue weighted by molar-refractivity contribution is 8.00. The van der Waals surface area contributed by atoms with Gasteiger partial charge in [-0.3, -0.25) is 4.90 Å². The molecule has 43 heavy (non-hydrogen) atoms. The van der Waals surface area contributed by atoms with Gasteiger partial charge in [0, 0.05) is 17.9 Å². The highest BCUT2D eigenvalue weighted by atomic mass is 32.2. The maximum atomic E-state index is 13.3. The van der Waals surface area contributed by atoms with Crippen LogP contribution in [0.25, 0.3) is 11.3 Å². The van der Waals surface area contributed by atoms with Gasteiger partial charge in [0.15, 0.2) is 24.4 Å². The Balaban J connectivity index is 1.88. The second-order valence-corrected chi connectivity index (χ2v) is 12.8. The summed E-state index contributed by atoms with van der Waals surface area (Å²) in [6, 6.07) is 6.28. The Morgan fingerprint density at radius 1 is 1.02 bits per heavy atom. The third-order valence-corrected chi connectivity index (χ3v) is 6.52. The molecule has 1 aromatic heterocycles. The van der Waals surface area contributed by atoms with Gasteiger partial charge in [0.2, 0.25) is 0 Å². The van der Waals surface area contributed by atoms with Crippen molar-refractivity contribution < 1.29 is 50.9 Å². The van der Waals surface area contributed by atoms with Crippen LogP contribution in [0.15, 0.2) is 41.3 Å². The third kappa shape index (κ3) is 11.2. The summed E-state index contributed by atoms with van der Waals surface area (Å²) >= 11 is -0.292. The molecule has 1 aliphatic rings. The maximum absolute atomic E-state index is 13.3. The van der Waals surface area contributed by atoms with Crippen LogP contribution in [0.2, 0.25) is 0 Å². The number of benzene rings is 1. The number of carbonyl (C=O) groups is 3. The SMILES string of the molecule is CC(C)(C)OC(=O)O[C@H]1CN(C(=O)OC(C)(C)C)[C@H](Cc2ccc(-c3cnco3)cc2)[C@@H]1OC(=O)NCCSC(F)(F)F. The summed E-state index contributed by atoms with van der Waals surface area (Å²) in [7, 11) is 0. The number of oxazole rings is 1. The molecule has 1 N–H and O–H groups in total. The van der Waals surface area contributed by atoms with E-state index in [0.29, 0.717) is 5.76 Å². The fourth-order valence-electron chi connectivity index (χ4n) is 4.16. The normalized spacial score (nSPS) is 19.1. The maximum Gasteiger partial charge on any atom is 0.509 e. The van der Waals surface area contributed by atoms with E-state index in [9.17, 15) is 27.6 Å². The molecule has 2 aromatic rings. The quantitative estimate of drug-likeness (QED) is 0.205. The van der Waals surface area contributed by atoms with Crippen LogP contribution >= 0.6 is 11.8 Å². The number of likely N-dealkylation sites (tertiary alicyclic amines) is 1. The molecular formula is C28H36F3N3O8S. The van der Waals surface area contributed by atoms with Gasteiger partial charge in [-0.05, 0) is 65.3 Å². The van der Waals surface area contributed by atoms with E-state index < -0.39 is 59.1 Å². The van der Waals surface area contributed by atoms with Crippen LogP contribution in [0.1, 0.15) is 47.1 Å². The van der Waals surface area contributed by atoms with E-state index in [4.69, 9.17) is 23.4 Å². The number of alkyl halides is 3. The lowest BCUT2D eigenvalue weighted by Gasteiger charge is -2.30. The highest BCUT2D eigenvalue weighted by Gasteiger charge is 2.50. The van der Waals surface area contributed by atoms with Crippen molar-refractivity contribution >= 4 is 30.1 Å². The van der Waals surface area contributed by atoms with Gasteiger partial charge in [-0.2, -0.15) is 13.2 Å². The van der Waals surface area contributed by atoms with Gasteiger partial charge >= 0.3 is 23.9 Å². The first kappa shape index (κ1) is 33.9. The summed E-state index contributed by atoms with van der Waals surface area (Å²) in [4.78, 5) is 43.9. The van der Waals surface area contributed by atoms with Crippen LogP contribution in [-0.4, -0.2) is 82.0 Å². The molecule has 0 spiro atoms. The Morgan fingerprint density at radius 2 is 1.67 bits per heavy atom. The first-order valence-corrected chi connectivity index (χ1v) is 14.4. The summed E-state index contributed by atoms with van der Waals surface area (Å²) in [5, 5.41) is 2.28. The topological polar surface area (TPSA) is 129 Å². The van der Waals surface area contributed by atoms with Gasteiger partial charge in [-0.15, -0.1) is 0 Å². The molecule has 0 bridgehead atoms. The van der Waals surface area contributed by atoms with Crippen LogP contribution in [0, 0.1) is 0 Å². The molecule has 2 amide bonds. The first-order valence-electron chi connectivity index (χ1n) is 13.4. The second-order valence-electron chi connectivity index (χ2n) is 11.7. The average Bonchev–Trinajstić information content (AvgIpc) is 3.49. The highest BCUT2D eigenvalue weighted by Crippen LogP contribution is 2.31. The van der Waals surface area contributed by atoms with Crippen molar-refractivity contribution in [2.45, 2.75) is 82.9 Å². The number of nitrogens with zero attached hydrogens (tertiary/aromatic N) is 2. The zero-order valence-electron chi connectivity index (χ0n) is 24.7. The number of hydrogen-bond acceptors (Lipinski definition) is 10. The molecule has 1 aromatic carbocycles. The minimum Gasteiger partial charge on any atom is -0.444 e. The molecule has 3 rings (SSSR count). The molecule has 1 saturated heterocycles. The van der Waals surface area contributed by atoms with E-state index in [1.807, 2.05) is 0 Å². The predicted octanol–water partition coefficient (Wildman–Crippen LogP) is 6.17. The van der Waals surface area contributed by atoms with Gasteiger partial charge < -0.3 is 28.7 Å². The smallest absolute Gasteiger partial charge is 0.444 e. The van der Waals surface area contributed by atoms with Crippen molar-refractivity contribution in [1.29, 1.82) is 0 Å². The van der Waals surface area contributed by atoms with Crippen LogP contribution in [-0.2, 0) is 25.4 Å². The molecule has 1 aliphatic heterocycles. The molecule has 11 nitrogen and oxygen atoms in total. The molecule has 2 heterocycles. The molecule has 1 fully saturated rings. The van der Waals surface area contributed by atoms with Gasteiger partial charge in [0.25, 0.3) is 0 Å². The lowest BCUT2D eigenvalue weighted by Crippen LogP contribution is -2.46. The monoisotopic (exact) mass is 631 g/mol. The summed E-state index contributed by atoms with van der Waals surface area (Å²) in [6.07, 6.45) is -2.20. The lowest BCUT2D eigenvalue weighted by molar-refractivity contribution is -0.0517. The van der Waals surface area contributed by atoms with E-state index in [-0.39, 0.29) is 31.3 Å². The number of hydrogen-bond donors (Lipinski definition) is 1. The number of carbonyl (C=O) groups excluding carboxylic acids is 3. The van der Waals surface area contributed by atoms with E-state index in [1.54, 1.807) is 72.0 Å². The molecule has 15 heteroatoms. The van der Waals surface area contributed by atoms with Crippen LogP contribution in [0.4, 0.5) is 27.6 Å². The van der Waals surface area contributed by atoms with E-state index in [0.717, 1.165) is 11.1 Å². The van der Waals surface area contributed by atoms with E-state index in [1.165, 1.54) is 11.3 Å². The number of thioether (sulfide) groups is 1. The van der Waals surface area contributed by atoms with Crippen molar-refractivity contribution in [3.63, 3.8) is 0 Å². The minimum absolute atomic E-state index is 0.145. The number of aromatic nitrogens is 1. The number of halogens is 3. The molecular weight excluding hydrogens is 595 g/mol. The summed E-state index contributed by atoms with van der Waals surface area (Å²) in [6.45, 7) is 9.45. The number of nitrogens with one attached hydrogen (secondary N) is 1. The molecule has 238 valence electrons. The van der Waals surface area contributed by atoms with Crippen LogP contribution in [0.5, 0.6) is 0 Å². The molecule has 0 unspecified atom stereocenters. The fraction of sp³-hybridized carbons (Fsp3) is 0.571. The standard InChI is InChI=1S/C28H36F3N3O8S/c1-26(2,3)41-24(36)34-15-21(39-25(37)42-27(4,5)6)22(40-23(35)33-11-12-43-28(29,30)31)19(34)13-17-7-9-18(10-8-17)20-14-32-16-38-20/h7-10,14,16,19,21-22H,11-13,15H2,1-6H3,(H,33,35)/t19-,21+,22+/m1/s1. The minimum atomic E-state index is -4.45. The predicted molar refractivity (Wildman–Crippen MR) is 150 cm³/mol. The largest absolute Gasteiger partial charge is 0.509 e. The van der Waals surface area contributed by atoms with Gasteiger partial charge in [-0.1, -0.05) is 24.3 Å². The number of alkyl carbamates (subject to hydrolysis) is 1. The zero-order valence-corrected chi connectivity index (χ0v) is 25.5. The Hall–Kier alpha value is -3.62. The molecule has 0 saturated carbocycles. The van der Waals surface area contributed by atoms with Gasteiger partial charge in [-0.25, -0.2) is 19.4 Å².